The van der Waals surface area contributed by atoms with Crippen LogP contribution in [-0.4, -0.2) is 17.8 Å². The predicted octanol–water partition coefficient (Wildman–Crippen LogP) is 4.13. The first-order valence-corrected chi connectivity index (χ1v) is 6.87. The van der Waals surface area contributed by atoms with Gasteiger partial charge in [-0.05, 0) is 30.5 Å². The van der Waals surface area contributed by atoms with E-state index in [2.05, 4.69) is 15.9 Å². The molecular formula is C11H13BrF3NS. The fourth-order valence-corrected chi connectivity index (χ4v) is 2.77. The second kappa shape index (κ2) is 6.66. The van der Waals surface area contributed by atoms with E-state index in [-0.39, 0.29) is 23.4 Å². The van der Waals surface area contributed by atoms with E-state index in [4.69, 9.17) is 5.73 Å². The van der Waals surface area contributed by atoms with Crippen LogP contribution in [0, 0.1) is 0 Å². The molecule has 0 heterocycles. The number of hydrogen-bond donors (Lipinski definition) is 1. The van der Waals surface area contributed by atoms with Gasteiger partial charge in [0.25, 0.3) is 0 Å². The van der Waals surface area contributed by atoms with E-state index >= 15 is 0 Å². The standard InChI is InChI=1S/C11H13BrF3NS/c12-10-4-2-1-3-9(10)8(7-16)5-6-17-11(13,14)15/h1-4,8H,5-7,16H2. The Morgan fingerprint density at radius 2 is 1.94 bits per heavy atom. The Morgan fingerprint density at radius 3 is 2.47 bits per heavy atom. The molecule has 1 aromatic rings. The molecule has 1 atom stereocenters. The number of alkyl halides is 3. The molecule has 1 aromatic carbocycles. The SMILES string of the molecule is NCC(CCSC(F)(F)F)c1ccccc1Br. The molecule has 0 aliphatic heterocycles. The van der Waals surface area contributed by atoms with Gasteiger partial charge in [-0.3, -0.25) is 0 Å². The number of hydrogen-bond acceptors (Lipinski definition) is 2. The quantitative estimate of drug-likeness (QED) is 0.879. The minimum absolute atomic E-state index is 0.00693. The normalized spacial score (nSPS) is 13.7. The van der Waals surface area contributed by atoms with Crippen molar-refractivity contribution in [2.24, 2.45) is 5.73 Å². The molecule has 6 heteroatoms. The summed E-state index contributed by atoms with van der Waals surface area (Å²) in [6, 6.07) is 7.49. The summed E-state index contributed by atoms with van der Waals surface area (Å²) in [5, 5.41) is 0. The van der Waals surface area contributed by atoms with Crippen molar-refractivity contribution >= 4 is 27.7 Å². The van der Waals surface area contributed by atoms with Crippen molar-refractivity contribution in [3.63, 3.8) is 0 Å². The summed E-state index contributed by atoms with van der Waals surface area (Å²) >= 11 is 3.39. The van der Waals surface area contributed by atoms with Gasteiger partial charge in [0.15, 0.2) is 0 Å². The van der Waals surface area contributed by atoms with Crippen molar-refractivity contribution in [3.05, 3.63) is 34.3 Å². The highest BCUT2D eigenvalue weighted by Gasteiger charge is 2.28. The van der Waals surface area contributed by atoms with E-state index < -0.39 is 5.51 Å². The van der Waals surface area contributed by atoms with Gasteiger partial charge in [0.2, 0.25) is 0 Å². The molecule has 0 saturated carbocycles. The zero-order valence-electron chi connectivity index (χ0n) is 9.01. The van der Waals surface area contributed by atoms with Gasteiger partial charge in [-0.1, -0.05) is 45.9 Å². The van der Waals surface area contributed by atoms with Crippen LogP contribution in [0.3, 0.4) is 0 Å². The molecule has 0 aliphatic rings. The van der Waals surface area contributed by atoms with Gasteiger partial charge in [0, 0.05) is 10.2 Å². The first-order chi connectivity index (χ1) is 7.94. The van der Waals surface area contributed by atoms with Crippen LogP contribution in [0.2, 0.25) is 0 Å². The van der Waals surface area contributed by atoms with Crippen LogP contribution >= 0.6 is 27.7 Å². The summed E-state index contributed by atoms with van der Waals surface area (Å²) in [4.78, 5) is 0. The van der Waals surface area contributed by atoms with Crippen molar-refractivity contribution in [2.45, 2.75) is 17.8 Å². The van der Waals surface area contributed by atoms with Crippen LogP contribution in [-0.2, 0) is 0 Å². The highest BCUT2D eigenvalue weighted by molar-refractivity contribution is 9.10. The van der Waals surface area contributed by atoms with Crippen molar-refractivity contribution in [2.75, 3.05) is 12.3 Å². The third-order valence-electron chi connectivity index (χ3n) is 2.36. The smallest absolute Gasteiger partial charge is 0.330 e. The third kappa shape index (κ3) is 5.31. The first kappa shape index (κ1) is 14.9. The molecule has 96 valence electrons. The minimum atomic E-state index is -4.16. The van der Waals surface area contributed by atoms with E-state index in [0.29, 0.717) is 13.0 Å². The van der Waals surface area contributed by atoms with Gasteiger partial charge in [-0.15, -0.1) is 0 Å². The molecule has 0 saturated heterocycles. The second-order valence-electron chi connectivity index (χ2n) is 3.54. The molecule has 17 heavy (non-hydrogen) atoms. The van der Waals surface area contributed by atoms with Crippen LogP contribution in [0.5, 0.6) is 0 Å². The van der Waals surface area contributed by atoms with Gasteiger partial charge in [-0.25, -0.2) is 0 Å². The molecule has 2 N–H and O–H groups in total. The second-order valence-corrected chi connectivity index (χ2v) is 5.55. The average molecular weight is 328 g/mol. The van der Waals surface area contributed by atoms with Crippen molar-refractivity contribution < 1.29 is 13.2 Å². The lowest BCUT2D eigenvalue weighted by Gasteiger charge is -2.17. The number of nitrogens with two attached hydrogens (primary N) is 1. The summed E-state index contributed by atoms with van der Waals surface area (Å²) in [5.74, 6) is -0.00685. The van der Waals surface area contributed by atoms with E-state index in [1.807, 2.05) is 24.3 Å². The Balaban J connectivity index is 2.58. The molecule has 1 nitrogen and oxygen atoms in total. The molecule has 1 rings (SSSR count). The Labute approximate surface area is 111 Å². The van der Waals surface area contributed by atoms with Crippen molar-refractivity contribution in [1.82, 2.24) is 0 Å². The predicted molar refractivity (Wildman–Crippen MR) is 69.1 cm³/mol. The zero-order chi connectivity index (χ0) is 12.9. The third-order valence-corrected chi connectivity index (χ3v) is 3.85. The van der Waals surface area contributed by atoms with E-state index in [9.17, 15) is 13.2 Å². The van der Waals surface area contributed by atoms with Gasteiger partial charge in [0.05, 0.1) is 0 Å². The van der Waals surface area contributed by atoms with Gasteiger partial charge < -0.3 is 5.73 Å². The summed E-state index contributed by atoms with van der Waals surface area (Å²) in [5.41, 5.74) is 2.42. The summed E-state index contributed by atoms with van der Waals surface area (Å²) < 4.78 is 36.9. The van der Waals surface area contributed by atoms with Gasteiger partial charge >= 0.3 is 5.51 Å². The maximum absolute atomic E-state index is 12.0. The maximum Gasteiger partial charge on any atom is 0.441 e. The Morgan fingerprint density at radius 1 is 1.29 bits per heavy atom. The highest BCUT2D eigenvalue weighted by atomic mass is 79.9. The summed E-state index contributed by atoms with van der Waals surface area (Å²) in [6.45, 7) is 0.348. The van der Waals surface area contributed by atoms with Crippen LogP contribution in [0.1, 0.15) is 17.9 Å². The minimum Gasteiger partial charge on any atom is -0.330 e. The molecule has 0 amide bonds. The molecule has 0 bridgehead atoms. The number of rotatable bonds is 5. The molecular weight excluding hydrogens is 315 g/mol. The van der Waals surface area contributed by atoms with Crippen LogP contribution in [0.15, 0.2) is 28.7 Å². The number of halogens is 4. The molecule has 0 radical (unpaired) electrons. The zero-order valence-corrected chi connectivity index (χ0v) is 11.4. The topological polar surface area (TPSA) is 26.0 Å². The lowest BCUT2D eigenvalue weighted by Crippen LogP contribution is -2.15. The van der Waals surface area contributed by atoms with E-state index in [1.54, 1.807) is 0 Å². The lowest BCUT2D eigenvalue weighted by atomic mass is 9.97. The maximum atomic E-state index is 12.0. The first-order valence-electron chi connectivity index (χ1n) is 5.09. The number of benzene rings is 1. The Kier molecular flexibility index (Phi) is 5.82. The van der Waals surface area contributed by atoms with Crippen LogP contribution in [0.25, 0.3) is 0 Å². The molecule has 0 aliphatic carbocycles. The Hall–Kier alpha value is -0.200. The number of thioether (sulfide) groups is 1. The van der Waals surface area contributed by atoms with Crippen molar-refractivity contribution in [1.29, 1.82) is 0 Å². The molecule has 0 fully saturated rings. The molecule has 1 unspecified atom stereocenters. The summed E-state index contributed by atoms with van der Waals surface area (Å²) in [6.07, 6.45) is 0.420. The van der Waals surface area contributed by atoms with Gasteiger partial charge in [0.1, 0.15) is 0 Å². The Bertz CT molecular complexity index is 357. The van der Waals surface area contributed by atoms with Crippen LogP contribution in [0.4, 0.5) is 13.2 Å². The molecule has 0 spiro atoms. The van der Waals surface area contributed by atoms with E-state index in [1.165, 1.54) is 0 Å². The van der Waals surface area contributed by atoms with Crippen LogP contribution < -0.4 is 5.73 Å². The monoisotopic (exact) mass is 327 g/mol. The summed E-state index contributed by atoms with van der Waals surface area (Å²) in [7, 11) is 0. The average Bonchev–Trinajstić information content (AvgIpc) is 2.24. The van der Waals surface area contributed by atoms with Crippen molar-refractivity contribution in [3.8, 4) is 0 Å². The van der Waals surface area contributed by atoms with Gasteiger partial charge in [-0.2, -0.15) is 13.2 Å². The fourth-order valence-electron chi connectivity index (χ4n) is 1.52. The fraction of sp³-hybridized carbons (Fsp3) is 0.455. The lowest BCUT2D eigenvalue weighted by molar-refractivity contribution is -0.0328. The largest absolute Gasteiger partial charge is 0.441 e. The van der Waals surface area contributed by atoms with E-state index in [0.717, 1.165) is 10.0 Å². The highest BCUT2D eigenvalue weighted by Crippen LogP contribution is 2.33. The molecule has 0 aromatic heterocycles.